The zero-order chi connectivity index (χ0) is 10.0. The van der Waals surface area contributed by atoms with Crippen molar-refractivity contribution in [2.24, 2.45) is 7.05 Å². The lowest BCUT2D eigenvalue weighted by atomic mass is 10.1. The molecule has 0 spiro atoms. The van der Waals surface area contributed by atoms with E-state index in [1.54, 1.807) is 18.1 Å². The standard InChI is InChI=1S/C9H15N3OS/c1-12-7-10-11-8(12)14-6-9(13)4-2-3-5-9/h7,13H,2-6H2,1H3. The molecule has 4 nitrogen and oxygen atoms in total. The van der Waals surface area contributed by atoms with Gasteiger partial charge in [0.1, 0.15) is 6.33 Å². The molecule has 1 aliphatic rings. The first-order valence-corrected chi connectivity index (χ1v) is 5.87. The molecular weight excluding hydrogens is 198 g/mol. The molecule has 0 unspecified atom stereocenters. The summed E-state index contributed by atoms with van der Waals surface area (Å²) in [7, 11) is 1.92. The predicted octanol–water partition coefficient (Wildman–Crippen LogP) is 1.21. The van der Waals surface area contributed by atoms with Crippen molar-refractivity contribution in [3.63, 3.8) is 0 Å². The highest BCUT2D eigenvalue weighted by atomic mass is 32.2. The fourth-order valence-corrected chi connectivity index (χ4v) is 2.82. The van der Waals surface area contributed by atoms with Gasteiger partial charge in [0.2, 0.25) is 0 Å². The van der Waals surface area contributed by atoms with Gasteiger partial charge < -0.3 is 9.67 Å². The third kappa shape index (κ3) is 2.09. The number of rotatable bonds is 3. The van der Waals surface area contributed by atoms with Crippen LogP contribution in [-0.2, 0) is 7.05 Å². The van der Waals surface area contributed by atoms with Gasteiger partial charge >= 0.3 is 0 Å². The van der Waals surface area contributed by atoms with Gasteiger partial charge in [-0.05, 0) is 12.8 Å². The van der Waals surface area contributed by atoms with Crippen LogP contribution in [0.2, 0.25) is 0 Å². The van der Waals surface area contributed by atoms with Gasteiger partial charge in [0.05, 0.1) is 5.60 Å². The molecule has 5 heteroatoms. The van der Waals surface area contributed by atoms with Crippen LogP contribution in [0.4, 0.5) is 0 Å². The summed E-state index contributed by atoms with van der Waals surface area (Å²) < 4.78 is 1.88. The van der Waals surface area contributed by atoms with E-state index in [4.69, 9.17) is 0 Å². The Labute approximate surface area is 87.7 Å². The van der Waals surface area contributed by atoms with Crippen molar-refractivity contribution in [1.29, 1.82) is 0 Å². The third-order valence-electron chi connectivity index (χ3n) is 2.67. The molecule has 0 bridgehead atoms. The summed E-state index contributed by atoms with van der Waals surface area (Å²) in [6, 6.07) is 0. The Hall–Kier alpha value is -0.550. The molecule has 0 aliphatic heterocycles. The fraction of sp³-hybridized carbons (Fsp3) is 0.778. The van der Waals surface area contributed by atoms with Crippen LogP contribution in [0.3, 0.4) is 0 Å². The molecule has 1 saturated carbocycles. The molecule has 0 amide bonds. The van der Waals surface area contributed by atoms with Gasteiger partial charge in [-0.3, -0.25) is 0 Å². The molecule has 0 saturated heterocycles. The molecule has 2 rings (SSSR count). The van der Waals surface area contributed by atoms with Crippen molar-refractivity contribution in [3.8, 4) is 0 Å². The summed E-state index contributed by atoms with van der Waals surface area (Å²) in [5.74, 6) is 0.736. The Bertz CT molecular complexity index is 307. The minimum atomic E-state index is -0.462. The Morgan fingerprint density at radius 3 is 2.86 bits per heavy atom. The maximum Gasteiger partial charge on any atom is 0.190 e. The summed E-state index contributed by atoms with van der Waals surface area (Å²) in [6.07, 6.45) is 5.84. The van der Waals surface area contributed by atoms with E-state index in [-0.39, 0.29) is 0 Å². The van der Waals surface area contributed by atoms with Crippen LogP contribution in [-0.4, -0.2) is 31.2 Å². The Balaban J connectivity index is 1.91. The molecule has 0 aromatic carbocycles. The summed E-state index contributed by atoms with van der Waals surface area (Å²) in [5.41, 5.74) is -0.462. The quantitative estimate of drug-likeness (QED) is 0.767. The second-order valence-corrected chi connectivity index (χ2v) is 4.89. The lowest BCUT2D eigenvalue weighted by molar-refractivity contribution is 0.0732. The van der Waals surface area contributed by atoms with Crippen LogP contribution in [0.15, 0.2) is 11.5 Å². The summed E-state index contributed by atoms with van der Waals surface area (Å²) in [4.78, 5) is 0. The molecule has 0 radical (unpaired) electrons. The molecule has 1 N–H and O–H groups in total. The first kappa shape index (κ1) is 9.98. The van der Waals surface area contributed by atoms with E-state index in [1.165, 1.54) is 0 Å². The normalized spacial score (nSPS) is 20.1. The van der Waals surface area contributed by atoms with Gasteiger partial charge in [0.25, 0.3) is 0 Å². The number of hydrogen-bond acceptors (Lipinski definition) is 4. The first-order valence-electron chi connectivity index (χ1n) is 4.89. The summed E-state index contributed by atoms with van der Waals surface area (Å²) >= 11 is 1.59. The van der Waals surface area contributed by atoms with Gasteiger partial charge in [0.15, 0.2) is 5.16 Å². The molecule has 1 aromatic heterocycles. The van der Waals surface area contributed by atoms with Crippen molar-refractivity contribution >= 4 is 11.8 Å². The average Bonchev–Trinajstić information content (AvgIpc) is 2.73. The van der Waals surface area contributed by atoms with Crippen LogP contribution in [0.25, 0.3) is 0 Å². The number of aryl methyl sites for hydroxylation is 1. The molecular formula is C9H15N3OS. The smallest absolute Gasteiger partial charge is 0.190 e. The van der Waals surface area contributed by atoms with Crippen molar-refractivity contribution in [2.45, 2.75) is 36.4 Å². The van der Waals surface area contributed by atoms with Gasteiger partial charge in [0, 0.05) is 12.8 Å². The summed E-state index contributed by atoms with van der Waals surface area (Å²) in [5, 5.41) is 18.8. The zero-order valence-corrected chi connectivity index (χ0v) is 9.13. The zero-order valence-electron chi connectivity index (χ0n) is 8.31. The fourth-order valence-electron chi connectivity index (χ4n) is 1.78. The van der Waals surface area contributed by atoms with E-state index in [1.807, 2.05) is 11.6 Å². The number of aromatic nitrogens is 3. The SMILES string of the molecule is Cn1cnnc1SCC1(O)CCCC1. The minimum Gasteiger partial charge on any atom is -0.389 e. The minimum absolute atomic E-state index is 0.462. The number of aliphatic hydroxyl groups is 1. The van der Waals surface area contributed by atoms with Crippen LogP contribution in [0, 0.1) is 0 Å². The van der Waals surface area contributed by atoms with Gasteiger partial charge in [-0.2, -0.15) is 0 Å². The van der Waals surface area contributed by atoms with E-state index in [2.05, 4.69) is 10.2 Å². The van der Waals surface area contributed by atoms with Crippen LogP contribution in [0.1, 0.15) is 25.7 Å². The predicted molar refractivity (Wildman–Crippen MR) is 55.1 cm³/mol. The highest BCUT2D eigenvalue weighted by Gasteiger charge is 2.31. The van der Waals surface area contributed by atoms with E-state index in [9.17, 15) is 5.11 Å². The van der Waals surface area contributed by atoms with Crippen LogP contribution < -0.4 is 0 Å². The lowest BCUT2D eigenvalue weighted by Crippen LogP contribution is -2.27. The Kier molecular flexibility index (Phi) is 2.78. The van der Waals surface area contributed by atoms with Crippen molar-refractivity contribution in [1.82, 2.24) is 14.8 Å². The molecule has 14 heavy (non-hydrogen) atoms. The Morgan fingerprint density at radius 2 is 2.29 bits per heavy atom. The molecule has 78 valence electrons. The highest BCUT2D eigenvalue weighted by molar-refractivity contribution is 7.99. The third-order valence-corrected chi connectivity index (χ3v) is 3.98. The molecule has 1 aliphatic carbocycles. The highest BCUT2D eigenvalue weighted by Crippen LogP contribution is 2.33. The first-order chi connectivity index (χ1) is 6.70. The monoisotopic (exact) mass is 213 g/mol. The van der Waals surface area contributed by atoms with Crippen molar-refractivity contribution < 1.29 is 5.11 Å². The summed E-state index contributed by atoms with van der Waals surface area (Å²) in [6.45, 7) is 0. The second-order valence-electron chi connectivity index (χ2n) is 3.94. The maximum absolute atomic E-state index is 10.1. The number of thioether (sulfide) groups is 1. The Morgan fingerprint density at radius 1 is 1.57 bits per heavy atom. The van der Waals surface area contributed by atoms with Gasteiger partial charge in [-0.1, -0.05) is 24.6 Å². The number of nitrogens with zero attached hydrogens (tertiary/aromatic N) is 3. The average molecular weight is 213 g/mol. The molecule has 0 atom stereocenters. The lowest BCUT2D eigenvalue weighted by Gasteiger charge is -2.20. The molecule has 1 heterocycles. The van der Waals surface area contributed by atoms with Crippen LogP contribution >= 0.6 is 11.8 Å². The van der Waals surface area contributed by atoms with Crippen molar-refractivity contribution in [2.75, 3.05) is 5.75 Å². The van der Waals surface area contributed by atoms with Crippen LogP contribution in [0.5, 0.6) is 0 Å². The second kappa shape index (κ2) is 3.90. The molecule has 1 fully saturated rings. The van der Waals surface area contributed by atoms with E-state index in [0.29, 0.717) is 0 Å². The van der Waals surface area contributed by atoms with Gasteiger partial charge in [-0.25, -0.2) is 0 Å². The van der Waals surface area contributed by atoms with E-state index < -0.39 is 5.60 Å². The number of hydrogen-bond donors (Lipinski definition) is 1. The largest absolute Gasteiger partial charge is 0.389 e. The maximum atomic E-state index is 10.1. The topological polar surface area (TPSA) is 50.9 Å². The van der Waals surface area contributed by atoms with E-state index >= 15 is 0 Å². The molecule has 1 aromatic rings. The van der Waals surface area contributed by atoms with E-state index in [0.717, 1.165) is 36.6 Å². The van der Waals surface area contributed by atoms with Crippen molar-refractivity contribution in [3.05, 3.63) is 6.33 Å². The van der Waals surface area contributed by atoms with Gasteiger partial charge in [-0.15, -0.1) is 10.2 Å².